The minimum Gasteiger partial charge on any atom is -0.497 e. The maximum absolute atomic E-state index is 12.5. The van der Waals surface area contributed by atoms with Crippen LogP contribution in [0.3, 0.4) is 0 Å². The number of rotatable bonds is 2. The van der Waals surface area contributed by atoms with Gasteiger partial charge in [-0.15, -0.1) is 0 Å². The van der Waals surface area contributed by atoms with Gasteiger partial charge in [-0.05, 0) is 55.4 Å². The van der Waals surface area contributed by atoms with Crippen molar-refractivity contribution in [1.82, 2.24) is 0 Å². The predicted octanol–water partition coefficient (Wildman–Crippen LogP) is 3.41. The van der Waals surface area contributed by atoms with Gasteiger partial charge in [-0.25, -0.2) is 0 Å². The highest BCUT2D eigenvalue weighted by Crippen LogP contribution is 2.36. The van der Waals surface area contributed by atoms with Crippen LogP contribution in [0.1, 0.15) is 35.2 Å². The Morgan fingerprint density at radius 1 is 1.28 bits per heavy atom. The van der Waals surface area contributed by atoms with Crippen LogP contribution in [0.2, 0.25) is 0 Å². The molecule has 18 heavy (non-hydrogen) atoms. The molecule has 0 aromatic heterocycles. The number of hydrogen-bond acceptors (Lipinski definition) is 2. The Kier molecular flexibility index (Phi) is 2.94. The number of fused-ring (bicyclic) bond motifs is 1. The van der Waals surface area contributed by atoms with E-state index in [2.05, 4.69) is 12.2 Å². The number of carbonyl (C=O) groups excluding carboxylic acids is 1. The number of methoxy groups -OCH3 is 1. The summed E-state index contributed by atoms with van der Waals surface area (Å²) < 4.78 is 5.22. The van der Waals surface area contributed by atoms with E-state index in [-0.39, 0.29) is 5.92 Å². The SMILES string of the molecule is COc1ccc2c(c1)CC[C@H]([C@@H]1C=CCC1)C2=O. The van der Waals surface area contributed by atoms with Crippen molar-refractivity contribution in [2.24, 2.45) is 11.8 Å². The molecule has 0 saturated carbocycles. The van der Waals surface area contributed by atoms with Crippen LogP contribution >= 0.6 is 0 Å². The standard InChI is InChI=1S/C16H18O2/c1-18-13-7-9-15-12(10-13)6-8-14(16(15)17)11-4-2-3-5-11/h2,4,7,9-11,14H,3,5-6,8H2,1H3/t11-,14-/m1/s1. The molecule has 0 heterocycles. The third-order valence-electron chi connectivity index (χ3n) is 4.21. The number of ether oxygens (including phenoxy) is 1. The highest BCUT2D eigenvalue weighted by atomic mass is 16.5. The molecule has 2 aliphatic carbocycles. The first kappa shape index (κ1) is 11.5. The summed E-state index contributed by atoms with van der Waals surface area (Å²) in [6, 6.07) is 5.83. The number of aryl methyl sites for hydroxylation is 1. The highest BCUT2D eigenvalue weighted by molar-refractivity contribution is 6.00. The summed E-state index contributed by atoms with van der Waals surface area (Å²) in [6.07, 6.45) is 8.69. The average molecular weight is 242 g/mol. The summed E-state index contributed by atoms with van der Waals surface area (Å²) in [4.78, 5) is 12.5. The van der Waals surface area contributed by atoms with Crippen molar-refractivity contribution in [2.45, 2.75) is 25.7 Å². The van der Waals surface area contributed by atoms with Crippen LogP contribution in [-0.4, -0.2) is 12.9 Å². The van der Waals surface area contributed by atoms with Crippen molar-refractivity contribution in [3.05, 3.63) is 41.5 Å². The van der Waals surface area contributed by atoms with Gasteiger partial charge in [-0.2, -0.15) is 0 Å². The number of Topliss-reactive ketones (excluding diaryl/α,β-unsaturated/α-hetero) is 1. The molecule has 0 radical (unpaired) electrons. The van der Waals surface area contributed by atoms with Crippen LogP contribution in [0.5, 0.6) is 5.75 Å². The lowest BCUT2D eigenvalue weighted by atomic mass is 9.76. The highest BCUT2D eigenvalue weighted by Gasteiger charge is 2.33. The van der Waals surface area contributed by atoms with E-state index in [4.69, 9.17) is 4.74 Å². The largest absolute Gasteiger partial charge is 0.497 e. The third-order valence-corrected chi connectivity index (χ3v) is 4.21. The number of hydrogen-bond donors (Lipinski definition) is 0. The second-order valence-corrected chi connectivity index (χ2v) is 5.20. The van der Waals surface area contributed by atoms with Crippen LogP contribution in [0, 0.1) is 11.8 Å². The predicted molar refractivity (Wildman–Crippen MR) is 71.0 cm³/mol. The number of ketones is 1. The van der Waals surface area contributed by atoms with Gasteiger partial charge in [0.15, 0.2) is 5.78 Å². The first-order valence-corrected chi connectivity index (χ1v) is 6.67. The molecule has 0 spiro atoms. The fraction of sp³-hybridized carbons (Fsp3) is 0.438. The molecule has 94 valence electrons. The van der Waals surface area contributed by atoms with Crippen LogP contribution in [0.15, 0.2) is 30.4 Å². The second-order valence-electron chi connectivity index (χ2n) is 5.20. The molecule has 2 aliphatic rings. The smallest absolute Gasteiger partial charge is 0.166 e. The molecule has 0 aliphatic heterocycles. The Morgan fingerprint density at radius 3 is 2.89 bits per heavy atom. The van der Waals surface area contributed by atoms with Gasteiger partial charge in [0, 0.05) is 11.5 Å². The zero-order valence-corrected chi connectivity index (χ0v) is 10.7. The molecule has 0 fully saturated rings. The zero-order chi connectivity index (χ0) is 12.5. The average Bonchev–Trinajstić information content (AvgIpc) is 2.92. The quantitative estimate of drug-likeness (QED) is 0.743. The normalized spacial score (nSPS) is 26.2. The summed E-state index contributed by atoms with van der Waals surface area (Å²) in [5.74, 6) is 1.84. The van der Waals surface area contributed by atoms with E-state index < -0.39 is 0 Å². The molecule has 0 amide bonds. The van der Waals surface area contributed by atoms with Gasteiger partial charge in [-0.1, -0.05) is 12.2 Å². The van der Waals surface area contributed by atoms with E-state index in [1.54, 1.807) is 7.11 Å². The molecule has 0 N–H and O–H groups in total. The van der Waals surface area contributed by atoms with Crippen molar-refractivity contribution in [3.8, 4) is 5.75 Å². The number of carbonyl (C=O) groups is 1. The topological polar surface area (TPSA) is 26.3 Å². The molecule has 2 nitrogen and oxygen atoms in total. The van der Waals surface area contributed by atoms with Crippen molar-refractivity contribution < 1.29 is 9.53 Å². The molecule has 1 aromatic carbocycles. The van der Waals surface area contributed by atoms with E-state index in [1.807, 2.05) is 18.2 Å². The van der Waals surface area contributed by atoms with Gasteiger partial charge >= 0.3 is 0 Å². The summed E-state index contributed by atoms with van der Waals surface area (Å²) >= 11 is 0. The fourth-order valence-electron chi connectivity index (χ4n) is 3.19. The van der Waals surface area contributed by atoms with Crippen molar-refractivity contribution in [1.29, 1.82) is 0 Å². The van der Waals surface area contributed by atoms with Crippen LogP contribution in [-0.2, 0) is 6.42 Å². The van der Waals surface area contributed by atoms with E-state index >= 15 is 0 Å². The maximum Gasteiger partial charge on any atom is 0.166 e. The first-order chi connectivity index (χ1) is 8.79. The zero-order valence-electron chi connectivity index (χ0n) is 10.7. The Balaban J connectivity index is 1.89. The van der Waals surface area contributed by atoms with Crippen LogP contribution < -0.4 is 4.74 Å². The van der Waals surface area contributed by atoms with Crippen LogP contribution in [0.4, 0.5) is 0 Å². The van der Waals surface area contributed by atoms with Gasteiger partial charge < -0.3 is 4.74 Å². The molecular weight excluding hydrogens is 224 g/mol. The van der Waals surface area contributed by atoms with Gasteiger partial charge in [0.2, 0.25) is 0 Å². The van der Waals surface area contributed by atoms with Gasteiger partial charge in [0.1, 0.15) is 5.75 Å². The van der Waals surface area contributed by atoms with E-state index in [1.165, 1.54) is 0 Å². The Morgan fingerprint density at radius 2 is 2.17 bits per heavy atom. The van der Waals surface area contributed by atoms with Crippen molar-refractivity contribution >= 4 is 5.78 Å². The van der Waals surface area contributed by atoms with Gasteiger partial charge in [-0.3, -0.25) is 4.79 Å². The van der Waals surface area contributed by atoms with E-state index in [0.717, 1.165) is 42.6 Å². The van der Waals surface area contributed by atoms with Crippen molar-refractivity contribution in [3.63, 3.8) is 0 Å². The first-order valence-electron chi connectivity index (χ1n) is 6.67. The molecular formula is C16H18O2. The molecule has 1 aromatic rings. The lowest BCUT2D eigenvalue weighted by molar-refractivity contribution is 0.0867. The number of allylic oxidation sites excluding steroid dienone is 2. The molecule has 0 bridgehead atoms. The molecule has 2 heteroatoms. The summed E-state index contributed by atoms with van der Waals surface area (Å²) in [5.41, 5.74) is 2.06. The van der Waals surface area contributed by atoms with E-state index in [0.29, 0.717) is 11.7 Å². The fourth-order valence-corrected chi connectivity index (χ4v) is 3.19. The maximum atomic E-state index is 12.5. The molecule has 3 rings (SSSR count). The minimum atomic E-state index is 0.199. The van der Waals surface area contributed by atoms with Crippen molar-refractivity contribution in [2.75, 3.05) is 7.11 Å². The molecule has 0 saturated heterocycles. The lowest BCUT2D eigenvalue weighted by Gasteiger charge is -2.27. The van der Waals surface area contributed by atoms with Crippen LogP contribution in [0.25, 0.3) is 0 Å². The second kappa shape index (κ2) is 4.60. The third kappa shape index (κ3) is 1.86. The Bertz CT molecular complexity index is 502. The minimum absolute atomic E-state index is 0.199. The lowest BCUT2D eigenvalue weighted by Crippen LogP contribution is -2.27. The summed E-state index contributed by atoms with van der Waals surface area (Å²) in [5, 5.41) is 0. The van der Waals surface area contributed by atoms with Gasteiger partial charge in [0.25, 0.3) is 0 Å². The monoisotopic (exact) mass is 242 g/mol. The van der Waals surface area contributed by atoms with E-state index in [9.17, 15) is 4.79 Å². The summed E-state index contributed by atoms with van der Waals surface area (Å²) in [6.45, 7) is 0. The Labute approximate surface area is 108 Å². The number of benzene rings is 1. The molecule has 2 atom stereocenters. The van der Waals surface area contributed by atoms with Gasteiger partial charge in [0.05, 0.1) is 7.11 Å². The molecule has 0 unspecified atom stereocenters. The summed E-state index contributed by atoms with van der Waals surface area (Å²) in [7, 11) is 1.67. The Hall–Kier alpha value is -1.57.